The van der Waals surface area contributed by atoms with Crippen LogP contribution in [0.25, 0.3) is 0 Å². The molecule has 2 aliphatic heterocycles. The summed E-state index contributed by atoms with van der Waals surface area (Å²) in [6.45, 7) is 5.38. The molecule has 2 aromatic carbocycles. The number of benzene rings is 2. The number of carbonyl (C=O) groups is 1. The number of ether oxygens (including phenoxy) is 3. The van der Waals surface area contributed by atoms with Gasteiger partial charge in [-0.05, 0) is 62.2 Å². The Balaban J connectivity index is 1.49. The predicted octanol–water partition coefficient (Wildman–Crippen LogP) is 2.72. The number of sulfonamides is 1. The lowest BCUT2D eigenvalue weighted by Gasteiger charge is -2.27. The van der Waals surface area contributed by atoms with Gasteiger partial charge < -0.3 is 24.4 Å². The molecule has 2 aliphatic rings. The van der Waals surface area contributed by atoms with Crippen molar-refractivity contribution in [3.63, 3.8) is 0 Å². The van der Waals surface area contributed by atoms with E-state index < -0.39 is 10.0 Å². The highest BCUT2D eigenvalue weighted by Gasteiger charge is 2.28. The highest BCUT2D eigenvalue weighted by Crippen LogP contribution is 2.32. The number of hydrogen-bond donors (Lipinski definition) is 1. The number of rotatable bonds is 9. The van der Waals surface area contributed by atoms with Gasteiger partial charge >= 0.3 is 0 Å². The third-order valence-corrected chi connectivity index (χ3v) is 7.70. The first-order valence-electron chi connectivity index (χ1n) is 11.6. The van der Waals surface area contributed by atoms with Gasteiger partial charge in [-0.3, -0.25) is 4.79 Å². The first-order chi connectivity index (χ1) is 16.5. The SMILES string of the molecule is CCOc1ccc(OCC(=O)Nc2cc(S(=O)(=O)N3CCOCC3)ccc2N2CCCC2)cc1. The van der Waals surface area contributed by atoms with Crippen LogP contribution in [0.2, 0.25) is 0 Å². The predicted molar refractivity (Wildman–Crippen MR) is 129 cm³/mol. The molecule has 2 aromatic rings. The van der Waals surface area contributed by atoms with E-state index in [2.05, 4.69) is 10.2 Å². The molecule has 0 aliphatic carbocycles. The highest BCUT2D eigenvalue weighted by atomic mass is 32.2. The molecule has 0 saturated carbocycles. The zero-order chi connectivity index (χ0) is 24.0. The van der Waals surface area contributed by atoms with Gasteiger partial charge in [-0.15, -0.1) is 0 Å². The zero-order valence-electron chi connectivity index (χ0n) is 19.4. The van der Waals surface area contributed by atoms with Crippen LogP contribution in [0, 0.1) is 0 Å². The van der Waals surface area contributed by atoms with Crippen molar-refractivity contribution in [3.05, 3.63) is 42.5 Å². The second-order valence-corrected chi connectivity index (χ2v) is 10.1. The summed E-state index contributed by atoms with van der Waals surface area (Å²) in [5.41, 5.74) is 1.28. The molecule has 0 unspecified atom stereocenters. The Labute approximate surface area is 200 Å². The topological polar surface area (TPSA) is 97.4 Å². The number of morpholine rings is 1. The molecule has 34 heavy (non-hydrogen) atoms. The number of anilines is 2. The second-order valence-electron chi connectivity index (χ2n) is 8.13. The molecule has 0 bridgehead atoms. The van der Waals surface area contributed by atoms with Gasteiger partial charge in [0.25, 0.3) is 5.91 Å². The smallest absolute Gasteiger partial charge is 0.262 e. The van der Waals surface area contributed by atoms with Gasteiger partial charge in [0.05, 0.1) is 36.1 Å². The maximum atomic E-state index is 13.2. The number of nitrogens with zero attached hydrogens (tertiary/aromatic N) is 2. The molecular formula is C24H31N3O6S. The van der Waals surface area contributed by atoms with Crippen molar-refractivity contribution in [2.24, 2.45) is 0 Å². The minimum absolute atomic E-state index is 0.153. The molecule has 2 fully saturated rings. The van der Waals surface area contributed by atoms with E-state index in [9.17, 15) is 13.2 Å². The fourth-order valence-corrected chi connectivity index (χ4v) is 5.51. The second kappa shape index (κ2) is 11.1. The molecule has 10 heteroatoms. The van der Waals surface area contributed by atoms with E-state index in [4.69, 9.17) is 14.2 Å². The van der Waals surface area contributed by atoms with E-state index in [0.29, 0.717) is 44.3 Å². The minimum atomic E-state index is -3.68. The summed E-state index contributed by atoms with van der Waals surface area (Å²) in [6, 6.07) is 12.0. The summed E-state index contributed by atoms with van der Waals surface area (Å²) in [5, 5.41) is 2.87. The maximum Gasteiger partial charge on any atom is 0.262 e. The van der Waals surface area contributed by atoms with Crippen LogP contribution in [0.1, 0.15) is 19.8 Å². The van der Waals surface area contributed by atoms with E-state index in [-0.39, 0.29) is 17.4 Å². The van der Waals surface area contributed by atoms with Gasteiger partial charge in [0.15, 0.2) is 6.61 Å². The van der Waals surface area contributed by atoms with Crippen molar-refractivity contribution in [1.82, 2.24) is 4.31 Å². The lowest BCUT2D eigenvalue weighted by Crippen LogP contribution is -2.40. The van der Waals surface area contributed by atoms with Gasteiger partial charge in [0.2, 0.25) is 10.0 Å². The normalized spacial score (nSPS) is 16.9. The molecule has 2 heterocycles. The molecule has 4 rings (SSSR count). The van der Waals surface area contributed by atoms with Crippen LogP contribution in [0.15, 0.2) is 47.4 Å². The fraction of sp³-hybridized carbons (Fsp3) is 0.458. The van der Waals surface area contributed by atoms with Crippen molar-refractivity contribution >= 4 is 27.3 Å². The van der Waals surface area contributed by atoms with Crippen molar-refractivity contribution in [1.29, 1.82) is 0 Å². The Kier molecular flexibility index (Phi) is 7.91. The number of hydrogen-bond acceptors (Lipinski definition) is 7. The van der Waals surface area contributed by atoms with Crippen LogP contribution in [0.3, 0.4) is 0 Å². The van der Waals surface area contributed by atoms with Crippen LogP contribution in [-0.4, -0.2) is 71.2 Å². The summed E-state index contributed by atoms with van der Waals surface area (Å²) in [5.74, 6) is 0.908. The Hall–Kier alpha value is -2.82. The van der Waals surface area contributed by atoms with Crippen LogP contribution >= 0.6 is 0 Å². The molecule has 1 amide bonds. The van der Waals surface area contributed by atoms with E-state index in [1.54, 1.807) is 42.5 Å². The zero-order valence-corrected chi connectivity index (χ0v) is 20.2. The van der Waals surface area contributed by atoms with Gasteiger partial charge in [0, 0.05) is 26.2 Å². The van der Waals surface area contributed by atoms with E-state index in [1.807, 2.05) is 6.92 Å². The average Bonchev–Trinajstić information content (AvgIpc) is 3.39. The molecule has 184 valence electrons. The Bertz CT molecular complexity index is 1080. The Morgan fingerprint density at radius 2 is 1.62 bits per heavy atom. The third-order valence-electron chi connectivity index (χ3n) is 5.80. The first kappa shape index (κ1) is 24.3. The van der Waals surface area contributed by atoms with Gasteiger partial charge in [-0.2, -0.15) is 4.31 Å². The van der Waals surface area contributed by atoms with Crippen molar-refractivity contribution in [2.45, 2.75) is 24.7 Å². The maximum absolute atomic E-state index is 13.2. The molecule has 9 nitrogen and oxygen atoms in total. The third kappa shape index (κ3) is 5.81. The number of nitrogens with one attached hydrogen (secondary N) is 1. The molecule has 0 atom stereocenters. The van der Waals surface area contributed by atoms with Crippen LogP contribution in [-0.2, 0) is 19.6 Å². The summed E-state index contributed by atoms with van der Waals surface area (Å²) in [7, 11) is -3.68. The monoisotopic (exact) mass is 489 g/mol. The minimum Gasteiger partial charge on any atom is -0.494 e. The van der Waals surface area contributed by atoms with Crippen LogP contribution < -0.4 is 19.7 Å². The lowest BCUT2D eigenvalue weighted by atomic mass is 10.2. The van der Waals surface area contributed by atoms with Crippen molar-refractivity contribution < 1.29 is 27.4 Å². The average molecular weight is 490 g/mol. The Morgan fingerprint density at radius 3 is 2.26 bits per heavy atom. The highest BCUT2D eigenvalue weighted by molar-refractivity contribution is 7.89. The molecular weight excluding hydrogens is 458 g/mol. The molecule has 1 N–H and O–H groups in total. The molecule has 0 spiro atoms. The summed E-state index contributed by atoms with van der Waals surface area (Å²) in [4.78, 5) is 15.0. The van der Waals surface area contributed by atoms with Crippen molar-refractivity contribution in [2.75, 3.05) is 62.8 Å². The fourth-order valence-electron chi connectivity index (χ4n) is 4.08. The van der Waals surface area contributed by atoms with Crippen LogP contribution in [0.4, 0.5) is 11.4 Å². The summed E-state index contributed by atoms with van der Waals surface area (Å²) >= 11 is 0. The number of amides is 1. The van der Waals surface area contributed by atoms with Crippen molar-refractivity contribution in [3.8, 4) is 11.5 Å². The summed E-state index contributed by atoms with van der Waals surface area (Å²) in [6.07, 6.45) is 2.12. The lowest BCUT2D eigenvalue weighted by molar-refractivity contribution is -0.118. The van der Waals surface area contributed by atoms with Gasteiger partial charge in [0.1, 0.15) is 11.5 Å². The van der Waals surface area contributed by atoms with E-state index in [0.717, 1.165) is 37.4 Å². The summed E-state index contributed by atoms with van der Waals surface area (Å²) < 4.78 is 44.0. The molecule has 0 aromatic heterocycles. The Morgan fingerprint density at radius 1 is 0.971 bits per heavy atom. The van der Waals surface area contributed by atoms with E-state index in [1.165, 1.54) is 4.31 Å². The van der Waals surface area contributed by atoms with Gasteiger partial charge in [-0.1, -0.05) is 0 Å². The van der Waals surface area contributed by atoms with Gasteiger partial charge in [-0.25, -0.2) is 8.42 Å². The molecule has 0 radical (unpaired) electrons. The van der Waals surface area contributed by atoms with Crippen LogP contribution in [0.5, 0.6) is 11.5 Å². The first-order valence-corrected chi connectivity index (χ1v) is 13.0. The standard InChI is InChI=1S/C24H31N3O6S/c1-2-32-19-5-7-20(8-6-19)33-18-24(28)25-22-17-21(9-10-23(22)26-11-3-4-12-26)34(29,30)27-13-15-31-16-14-27/h5-10,17H,2-4,11-16,18H2,1H3,(H,25,28). The quantitative estimate of drug-likeness (QED) is 0.578. The van der Waals surface area contributed by atoms with E-state index >= 15 is 0 Å². The largest absolute Gasteiger partial charge is 0.494 e. The molecule has 2 saturated heterocycles. The number of carbonyl (C=O) groups excluding carboxylic acids is 1.